The van der Waals surface area contributed by atoms with Gasteiger partial charge in [-0.1, -0.05) is 0 Å². The van der Waals surface area contributed by atoms with Crippen molar-refractivity contribution < 1.29 is 27.5 Å². The molecule has 0 radical (unpaired) electrons. The zero-order chi connectivity index (χ0) is 13.4. The molecule has 0 spiro atoms. The Balaban J connectivity index is 3.46. The lowest BCUT2D eigenvalue weighted by Gasteiger charge is -2.17. The van der Waals surface area contributed by atoms with E-state index in [1.54, 1.807) is 0 Å². The van der Waals surface area contributed by atoms with Crippen LogP contribution in [0.25, 0.3) is 0 Å². The van der Waals surface area contributed by atoms with Gasteiger partial charge >= 0.3 is 12.1 Å². The molecule has 0 aliphatic rings. The molecule has 0 atom stereocenters. The molecule has 0 aromatic carbocycles. The van der Waals surface area contributed by atoms with Gasteiger partial charge in [0.25, 0.3) is 0 Å². The Morgan fingerprint density at radius 3 is 2.12 bits per heavy atom. The predicted molar refractivity (Wildman–Crippen MR) is 50.3 cm³/mol. The van der Waals surface area contributed by atoms with Gasteiger partial charge in [-0.2, -0.15) is 13.2 Å². The fraction of sp³-hybridized carbons (Fsp3) is 0.400. The molecule has 94 valence electrons. The van der Waals surface area contributed by atoms with E-state index in [1.807, 2.05) is 0 Å². The molecule has 0 saturated heterocycles. The van der Waals surface area contributed by atoms with Gasteiger partial charge in [0.1, 0.15) is 11.4 Å². The van der Waals surface area contributed by atoms with E-state index < -0.39 is 34.8 Å². The van der Waals surface area contributed by atoms with Crippen LogP contribution in [0.1, 0.15) is 35.6 Å². The van der Waals surface area contributed by atoms with Gasteiger partial charge in [-0.3, -0.25) is 0 Å². The summed E-state index contributed by atoms with van der Waals surface area (Å²) >= 11 is 0. The van der Waals surface area contributed by atoms with Crippen molar-refractivity contribution in [2.45, 2.75) is 25.7 Å². The number of aromatic nitrogens is 1. The topological polar surface area (TPSA) is 50.2 Å². The average Bonchev–Trinajstić information content (AvgIpc) is 2.14. The number of nitrogens with zero attached hydrogens (tertiary/aromatic N) is 1. The van der Waals surface area contributed by atoms with Crippen LogP contribution in [0.3, 0.4) is 0 Å². The first-order valence-electron chi connectivity index (χ1n) is 4.54. The SMILES string of the molecule is CC(C)(F)c1nc(C(F)(F)F)ccc1C(=O)O. The minimum Gasteiger partial charge on any atom is -0.478 e. The number of alkyl halides is 4. The second-order valence-corrected chi connectivity index (χ2v) is 3.87. The Hall–Kier alpha value is -1.66. The lowest BCUT2D eigenvalue weighted by Crippen LogP contribution is -2.21. The van der Waals surface area contributed by atoms with Gasteiger partial charge in [-0.05, 0) is 26.0 Å². The largest absolute Gasteiger partial charge is 0.478 e. The summed E-state index contributed by atoms with van der Waals surface area (Å²) in [4.78, 5) is 13.8. The van der Waals surface area contributed by atoms with Crippen LogP contribution in [0.5, 0.6) is 0 Å². The maximum atomic E-state index is 13.6. The Morgan fingerprint density at radius 2 is 1.76 bits per heavy atom. The summed E-state index contributed by atoms with van der Waals surface area (Å²) in [7, 11) is 0. The van der Waals surface area contributed by atoms with Gasteiger partial charge in [0.2, 0.25) is 0 Å². The number of hydrogen-bond acceptors (Lipinski definition) is 2. The van der Waals surface area contributed by atoms with Crippen LogP contribution in [0, 0.1) is 0 Å². The first kappa shape index (κ1) is 13.4. The summed E-state index contributed by atoms with van der Waals surface area (Å²) in [5, 5.41) is 8.73. The number of carboxylic acids is 1. The van der Waals surface area contributed by atoms with Gasteiger partial charge in [0, 0.05) is 0 Å². The summed E-state index contributed by atoms with van der Waals surface area (Å²) in [6.45, 7) is 1.89. The normalized spacial score (nSPS) is 12.6. The lowest BCUT2D eigenvalue weighted by atomic mass is 10.0. The highest BCUT2D eigenvalue weighted by molar-refractivity contribution is 5.89. The van der Waals surface area contributed by atoms with E-state index >= 15 is 0 Å². The van der Waals surface area contributed by atoms with Crippen molar-refractivity contribution in [1.29, 1.82) is 0 Å². The van der Waals surface area contributed by atoms with Crippen LogP contribution in [0.2, 0.25) is 0 Å². The molecular weight excluding hydrogens is 242 g/mol. The molecule has 0 bridgehead atoms. The average molecular weight is 251 g/mol. The van der Waals surface area contributed by atoms with E-state index in [9.17, 15) is 22.4 Å². The van der Waals surface area contributed by atoms with E-state index in [-0.39, 0.29) is 0 Å². The Bertz CT molecular complexity index is 449. The third-order valence-electron chi connectivity index (χ3n) is 1.98. The highest BCUT2D eigenvalue weighted by Gasteiger charge is 2.36. The Morgan fingerprint density at radius 1 is 1.24 bits per heavy atom. The van der Waals surface area contributed by atoms with E-state index in [0.717, 1.165) is 13.8 Å². The van der Waals surface area contributed by atoms with E-state index in [2.05, 4.69) is 4.98 Å². The Labute approximate surface area is 94.1 Å². The van der Waals surface area contributed by atoms with E-state index in [4.69, 9.17) is 5.11 Å². The van der Waals surface area contributed by atoms with Crippen LogP contribution < -0.4 is 0 Å². The van der Waals surface area contributed by atoms with E-state index in [1.165, 1.54) is 0 Å². The molecule has 0 unspecified atom stereocenters. The lowest BCUT2D eigenvalue weighted by molar-refractivity contribution is -0.141. The minimum absolute atomic E-state index is 0.513. The molecule has 1 heterocycles. The number of halogens is 4. The highest BCUT2D eigenvalue weighted by atomic mass is 19.4. The van der Waals surface area contributed by atoms with Gasteiger partial charge in [-0.15, -0.1) is 0 Å². The van der Waals surface area contributed by atoms with Crippen LogP contribution in [0.15, 0.2) is 12.1 Å². The smallest absolute Gasteiger partial charge is 0.433 e. The van der Waals surface area contributed by atoms with Crippen molar-refractivity contribution in [2.75, 3.05) is 0 Å². The van der Waals surface area contributed by atoms with Crippen molar-refractivity contribution in [3.05, 3.63) is 29.1 Å². The molecule has 0 saturated carbocycles. The second-order valence-electron chi connectivity index (χ2n) is 3.87. The van der Waals surface area contributed by atoms with Gasteiger partial charge in [0.05, 0.1) is 11.3 Å². The van der Waals surface area contributed by atoms with Crippen molar-refractivity contribution in [2.24, 2.45) is 0 Å². The molecule has 0 aliphatic carbocycles. The first-order valence-corrected chi connectivity index (χ1v) is 4.54. The van der Waals surface area contributed by atoms with Crippen LogP contribution in [-0.2, 0) is 11.8 Å². The van der Waals surface area contributed by atoms with Gasteiger partial charge in [-0.25, -0.2) is 14.2 Å². The molecule has 0 amide bonds. The summed E-state index contributed by atoms with van der Waals surface area (Å²) in [6.07, 6.45) is -4.74. The molecule has 1 aromatic heterocycles. The second kappa shape index (κ2) is 3.97. The van der Waals surface area contributed by atoms with Gasteiger partial charge < -0.3 is 5.11 Å². The third-order valence-corrected chi connectivity index (χ3v) is 1.98. The molecule has 3 nitrogen and oxygen atoms in total. The maximum Gasteiger partial charge on any atom is 0.433 e. The summed E-state index contributed by atoms with van der Waals surface area (Å²) in [5.41, 5.74) is -4.90. The quantitative estimate of drug-likeness (QED) is 0.822. The molecule has 7 heteroatoms. The van der Waals surface area contributed by atoms with Crippen molar-refractivity contribution in [3.63, 3.8) is 0 Å². The number of hydrogen-bond donors (Lipinski definition) is 1. The fourth-order valence-corrected chi connectivity index (χ4v) is 1.24. The van der Waals surface area contributed by atoms with Crippen molar-refractivity contribution in [1.82, 2.24) is 4.98 Å². The highest BCUT2D eigenvalue weighted by Crippen LogP contribution is 2.32. The van der Waals surface area contributed by atoms with Crippen molar-refractivity contribution >= 4 is 5.97 Å². The predicted octanol–water partition coefficient (Wildman–Crippen LogP) is 3.00. The number of rotatable bonds is 2. The minimum atomic E-state index is -4.74. The molecule has 17 heavy (non-hydrogen) atoms. The molecule has 0 aliphatic heterocycles. The van der Waals surface area contributed by atoms with E-state index in [0.29, 0.717) is 12.1 Å². The molecule has 1 rings (SSSR count). The zero-order valence-corrected chi connectivity index (χ0v) is 8.97. The van der Waals surface area contributed by atoms with Gasteiger partial charge in [0.15, 0.2) is 0 Å². The maximum absolute atomic E-state index is 13.6. The molecule has 1 N–H and O–H groups in total. The third kappa shape index (κ3) is 2.92. The first-order chi connectivity index (χ1) is 7.53. The molecule has 0 fully saturated rings. The van der Waals surface area contributed by atoms with Crippen LogP contribution >= 0.6 is 0 Å². The zero-order valence-electron chi connectivity index (χ0n) is 8.97. The van der Waals surface area contributed by atoms with Crippen molar-refractivity contribution in [3.8, 4) is 0 Å². The summed E-state index contributed by atoms with van der Waals surface area (Å²) < 4.78 is 50.7. The molecule has 1 aromatic rings. The number of aromatic carboxylic acids is 1. The standard InChI is InChI=1S/C10H9F4NO2/c1-9(2,11)7-5(8(16)17)3-4-6(15-7)10(12,13)14/h3-4H,1-2H3,(H,16,17). The summed E-state index contributed by atoms with van der Waals surface area (Å²) in [5.74, 6) is -1.52. The fourth-order valence-electron chi connectivity index (χ4n) is 1.24. The number of carbonyl (C=O) groups is 1. The number of pyridine rings is 1. The van der Waals surface area contributed by atoms with Crippen LogP contribution in [-0.4, -0.2) is 16.1 Å². The Kier molecular flexibility index (Phi) is 3.13. The summed E-state index contributed by atoms with van der Waals surface area (Å²) in [6, 6.07) is 1.22. The van der Waals surface area contributed by atoms with Crippen LogP contribution in [0.4, 0.5) is 17.6 Å². The number of carboxylic acid groups (broad SMARTS) is 1. The molecular formula is C10H9F4NO2. The monoisotopic (exact) mass is 251 g/mol.